The summed E-state index contributed by atoms with van der Waals surface area (Å²) >= 11 is 0. The average molecular weight is 889 g/mol. The first-order valence-corrected chi connectivity index (χ1v) is 23.8. The molecule has 1 N–H and O–H groups in total. The van der Waals surface area contributed by atoms with E-state index >= 15 is 0 Å². The second-order valence-electron chi connectivity index (χ2n) is 23.7. The van der Waals surface area contributed by atoms with Crippen molar-refractivity contribution in [2.75, 3.05) is 0 Å². The number of hydrogen-bond acceptors (Lipinski definition) is 3. The molecule has 8 rings (SSSR count). The van der Waals surface area contributed by atoms with Gasteiger partial charge in [0.2, 0.25) is 0 Å². The van der Waals surface area contributed by atoms with E-state index in [9.17, 15) is 5.11 Å². The van der Waals surface area contributed by atoms with Crippen LogP contribution in [0.5, 0.6) is 5.75 Å². The molecule has 344 valence electrons. The van der Waals surface area contributed by atoms with Gasteiger partial charge in [0.05, 0.1) is 28.0 Å². The van der Waals surface area contributed by atoms with Crippen LogP contribution in [0.2, 0.25) is 0 Å². The number of benzene rings is 6. The van der Waals surface area contributed by atoms with Crippen LogP contribution in [0.1, 0.15) is 141 Å². The van der Waals surface area contributed by atoms with Crippen LogP contribution >= 0.6 is 0 Å². The maximum atomic E-state index is 12.6. The van der Waals surface area contributed by atoms with Crippen molar-refractivity contribution in [3.05, 3.63) is 167 Å². The minimum atomic E-state index is -2.17. The van der Waals surface area contributed by atoms with E-state index in [2.05, 4.69) is 205 Å². The third-order valence-electron chi connectivity index (χ3n) is 13.2. The molecule has 0 aliphatic heterocycles. The number of imidazole rings is 1. The lowest BCUT2D eigenvalue weighted by Gasteiger charge is -2.28. The van der Waals surface area contributed by atoms with Gasteiger partial charge in [-0.3, -0.25) is 9.55 Å². The lowest BCUT2D eigenvalue weighted by Crippen LogP contribution is -2.18. The Kier molecular flexibility index (Phi) is 10.9. The zero-order valence-corrected chi connectivity index (χ0v) is 42.5. The fraction of sp³-hybridized carbons (Fsp3) is 0.333. The van der Waals surface area contributed by atoms with Gasteiger partial charge in [-0.1, -0.05) is 188 Å². The van der Waals surface area contributed by atoms with Crippen molar-refractivity contribution in [3.8, 4) is 67.5 Å². The second kappa shape index (κ2) is 16.8. The molecule has 0 unspecified atom stereocenters. The molecule has 0 atom stereocenters. The van der Waals surface area contributed by atoms with Crippen LogP contribution in [-0.4, -0.2) is 19.6 Å². The SMILES string of the molecule is [2H]C([2H])([2H])c1ccc(-c2ccnc(-c3cc(-c4cccc5c4nc(-c4cc(C(C)(C)C)cc(C(C)(C)C)c4O)n5-c4ccc(-c5ccc(C(C)(C)C)cc5)cc4C(C)(C)C)cc(C(C)(C)C)c3)c2)cc1. The Labute approximate surface area is 405 Å². The van der Waals surface area contributed by atoms with E-state index in [1.54, 1.807) is 12.1 Å². The Hall–Kier alpha value is -6.26. The van der Waals surface area contributed by atoms with Gasteiger partial charge in [0.25, 0.3) is 0 Å². The van der Waals surface area contributed by atoms with E-state index in [-0.39, 0.29) is 32.8 Å². The third kappa shape index (κ3) is 9.51. The summed E-state index contributed by atoms with van der Waals surface area (Å²) in [5, 5.41) is 12.6. The topological polar surface area (TPSA) is 50.9 Å². The van der Waals surface area contributed by atoms with Crippen molar-refractivity contribution in [2.24, 2.45) is 0 Å². The Bertz CT molecular complexity index is 3250. The molecule has 6 aromatic carbocycles. The maximum absolute atomic E-state index is 12.6. The Morgan fingerprint density at radius 1 is 0.463 bits per heavy atom. The zero-order valence-electron chi connectivity index (χ0n) is 45.5. The molecule has 4 nitrogen and oxygen atoms in total. The molecule has 0 aliphatic carbocycles. The first-order valence-electron chi connectivity index (χ1n) is 25.3. The number of aromatic hydroxyl groups is 1. The van der Waals surface area contributed by atoms with Gasteiger partial charge in [0.1, 0.15) is 11.6 Å². The van der Waals surface area contributed by atoms with E-state index in [0.29, 0.717) is 17.0 Å². The number of para-hydroxylation sites is 1. The first-order chi connectivity index (χ1) is 32.4. The van der Waals surface area contributed by atoms with E-state index in [1.807, 2.05) is 24.4 Å². The lowest BCUT2D eigenvalue weighted by atomic mass is 9.78. The fourth-order valence-corrected chi connectivity index (χ4v) is 9.04. The summed E-state index contributed by atoms with van der Waals surface area (Å²) in [5.41, 5.74) is 16.3. The van der Waals surface area contributed by atoms with Crippen LogP contribution in [0, 0.1) is 6.85 Å². The molecule has 4 heteroatoms. The molecule has 8 aromatic rings. The number of rotatable bonds is 6. The van der Waals surface area contributed by atoms with Crippen LogP contribution in [0.25, 0.3) is 72.7 Å². The highest BCUT2D eigenvalue weighted by Crippen LogP contribution is 2.46. The normalized spacial score (nSPS) is 13.7. The zero-order chi connectivity index (χ0) is 51.1. The molecule has 0 saturated heterocycles. The van der Waals surface area contributed by atoms with Crippen LogP contribution < -0.4 is 0 Å². The molecule has 0 radical (unpaired) electrons. The summed E-state index contributed by atoms with van der Waals surface area (Å²) in [7, 11) is 0. The molecular formula is C63H71N3O. The predicted molar refractivity (Wildman–Crippen MR) is 286 cm³/mol. The molecule has 0 aliphatic rings. The molecule has 0 saturated carbocycles. The van der Waals surface area contributed by atoms with Gasteiger partial charge in [0, 0.05) is 27.0 Å². The van der Waals surface area contributed by atoms with Crippen LogP contribution in [-0.2, 0) is 27.1 Å². The maximum Gasteiger partial charge on any atom is 0.149 e. The van der Waals surface area contributed by atoms with E-state index < -0.39 is 6.85 Å². The minimum Gasteiger partial charge on any atom is -0.507 e. The van der Waals surface area contributed by atoms with Crippen molar-refractivity contribution < 1.29 is 9.22 Å². The number of hydrogen-bond donors (Lipinski definition) is 1. The van der Waals surface area contributed by atoms with Gasteiger partial charge < -0.3 is 5.11 Å². The molecule has 0 amide bonds. The smallest absolute Gasteiger partial charge is 0.149 e. The van der Waals surface area contributed by atoms with Gasteiger partial charge in [-0.25, -0.2) is 4.98 Å². The number of fused-ring (bicyclic) bond motifs is 1. The summed E-state index contributed by atoms with van der Waals surface area (Å²) in [5.74, 6) is 0.915. The Morgan fingerprint density at radius 2 is 1.03 bits per heavy atom. The number of aromatic nitrogens is 3. The molecule has 0 bridgehead atoms. The van der Waals surface area contributed by atoms with E-state index in [0.717, 1.165) is 83.6 Å². The summed E-state index contributed by atoms with van der Waals surface area (Å²) in [4.78, 5) is 10.6. The molecule has 0 fully saturated rings. The van der Waals surface area contributed by atoms with Crippen molar-refractivity contribution in [1.82, 2.24) is 14.5 Å². The summed E-state index contributed by atoms with van der Waals surface area (Å²) < 4.78 is 25.9. The predicted octanol–water partition coefficient (Wildman–Crippen LogP) is 17.3. The lowest BCUT2D eigenvalue weighted by molar-refractivity contribution is 0.446. The van der Waals surface area contributed by atoms with Gasteiger partial charge in [-0.15, -0.1) is 0 Å². The molecule has 67 heavy (non-hydrogen) atoms. The second-order valence-corrected chi connectivity index (χ2v) is 23.7. The standard InChI is InChI=1S/C63H71N3O/c1-39-20-22-40(23-21-39)43-30-31-64-53(36-43)45-32-44(33-47(34-45)60(5,6)7)49-18-17-19-55-56(49)65-58(50-37-48(61(8,9)10)38-52(57(50)67)63(14,15)16)66(55)54-29-26-42(35-51(54)62(11,12)13)41-24-27-46(28-25-41)59(2,3)4/h17-38,67H,1-16H3/i1D3. The van der Waals surface area contributed by atoms with Crippen molar-refractivity contribution in [2.45, 2.75) is 138 Å². The summed E-state index contributed by atoms with van der Waals surface area (Å²) in [6.07, 6.45) is 1.82. The van der Waals surface area contributed by atoms with E-state index in [4.69, 9.17) is 14.1 Å². The molecule has 0 spiro atoms. The third-order valence-corrected chi connectivity index (χ3v) is 13.2. The van der Waals surface area contributed by atoms with Gasteiger partial charge >= 0.3 is 0 Å². The fourth-order valence-electron chi connectivity index (χ4n) is 9.04. The first kappa shape index (κ1) is 43.3. The van der Waals surface area contributed by atoms with Gasteiger partial charge in [-0.05, 0) is 133 Å². The Balaban J connectivity index is 1.40. The number of pyridine rings is 1. The van der Waals surface area contributed by atoms with Gasteiger partial charge in [-0.2, -0.15) is 0 Å². The number of nitrogens with zero attached hydrogens (tertiary/aromatic N) is 3. The highest BCUT2D eigenvalue weighted by molar-refractivity contribution is 5.97. The Morgan fingerprint density at radius 3 is 1.63 bits per heavy atom. The minimum absolute atomic E-state index is 0.0514. The van der Waals surface area contributed by atoms with Gasteiger partial charge in [0.15, 0.2) is 0 Å². The number of phenols is 1. The molecular weight excluding hydrogens is 815 g/mol. The summed E-state index contributed by atoms with van der Waals surface area (Å²) in [6.45, 7) is 31.2. The number of phenolic OH excluding ortho intramolecular Hbond substituents is 1. The monoisotopic (exact) mass is 889 g/mol. The summed E-state index contributed by atoms with van der Waals surface area (Å²) in [6, 6.07) is 44.4. The van der Waals surface area contributed by atoms with Crippen molar-refractivity contribution in [1.29, 1.82) is 0 Å². The number of aryl methyl sites for hydroxylation is 1. The average Bonchev–Trinajstić information content (AvgIpc) is 3.66. The largest absolute Gasteiger partial charge is 0.507 e. The van der Waals surface area contributed by atoms with Crippen LogP contribution in [0.4, 0.5) is 0 Å². The van der Waals surface area contributed by atoms with Crippen molar-refractivity contribution in [3.63, 3.8) is 0 Å². The highest BCUT2D eigenvalue weighted by atomic mass is 16.3. The van der Waals surface area contributed by atoms with Crippen LogP contribution in [0.3, 0.4) is 0 Å². The van der Waals surface area contributed by atoms with E-state index in [1.165, 1.54) is 5.56 Å². The highest BCUT2D eigenvalue weighted by Gasteiger charge is 2.31. The van der Waals surface area contributed by atoms with Crippen LogP contribution in [0.15, 0.2) is 134 Å². The van der Waals surface area contributed by atoms with Crippen molar-refractivity contribution >= 4 is 11.0 Å². The molecule has 2 aromatic heterocycles. The molecule has 2 heterocycles. The quantitative estimate of drug-likeness (QED) is 0.181.